The van der Waals surface area contributed by atoms with Crippen LogP contribution in [-0.2, 0) is 4.79 Å². The molecule has 0 aromatic rings. The largest absolute Gasteiger partial charge is 0.370 e. The summed E-state index contributed by atoms with van der Waals surface area (Å²) in [5, 5.41) is 0. The highest BCUT2D eigenvalue weighted by molar-refractivity contribution is 5.73. The molecule has 0 saturated carbocycles. The summed E-state index contributed by atoms with van der Waals surface area (Å²) in [6.07, 6.45) is 0.0447. The van der Waals surface area contributed by atoms with Crippen molar-refractivity contribution in [1.29, 1.82) is 0 Å². The Labute approximate surface area is 75.9 Å². The van der Waals surface area contributed by atoms with Gasteiger partial charge in [0.05, 0.1) is 0 Å². The fourth-order valence-corrected chi connectivity index (χ4v) is 1.37. The van der Waals surface area contributed by atoms with Crippen molar-refractivity contribution < 1.29 is 13.6 Å². The molecule has 5 heteroatoms. The second kappa shape index (κ2) is 4.00. The Morgan fingerprint density at radius 2 is 1.92 bits per heavy atom. The van der Waals surface area contributed by atoms with Crippen LogP contribution in [-0.4, -0.2) is 36.4 Å². The first-order chi connectivity index (χ1) is 5.99. The van der Waals surface area contributed by atoms with E-state index in [9.17, 15) is 13.6 Å². The number of nitrogens with two attached hydrogens (primary N) is 1. The van der Waals surface area contributed by atoms with Crippen LogP contribution in [0.3, 0.4) is 0 Å². The van der Waals surface area contributed by atoms with Crippen molar-refractivity contribution in [2.45, 2.75) is 25.2 Å². The van der Waals surface area contributed by atoms with E-state index in [1.165, 1.54) is 0 Å². The maximum absolute atomic E-state index is 12.7. The smallest absolute Gasteiger partial charge is 0.250 e. The van der Waals surface area contributed by atoms with Gasteiger partial charge in [0.25, 0.3) is 5.92 Å². The summed E-state index contributed by atoms with van der Waals surface area (Å²) in [7, 11) is 0. The van der Waals surface area contributed by atoms with E-state index in [1.807, 2.05) is 4.90 Å². The number of hydrogen-bond acceptors (Lipinski definition) is 2. The van der Waals surface area contributed by atoms with Crippen LogP contribution in [0.1, 0.15) is 19.3 Å². The average Bonchev–Trinajstić information content (AvgIpc) is 2.02. The summed E-state index contributed by atoms with van der Waals surface area (Å²) in [6.45, 7) is 1.23. The molecule has 3 nitrogen and oxygen atoms in total. The molecule has 0 spiro atoms. The predicted octanol–water partition coefficient (Wildman–Crippen LogP) is 0.593. The first kappa shape index (κ1) is 10.4. The molecular formula is C8H14F2N2O. The zero-order valence-electron chi connectivity index (χ0n) is 7.43. The van der Waals surface area contributed by atoms with Crippen molar-refractivity contribution in [2.75, 3.05) is 19.6 Å². The highest BCUT2D eigenvalue weighted by Crippen LogP contribution is 2.27. The minimum absolute atomic E-state index is 0.105. The van der Waals surface area contributed by atoms with Crippen LogP contribution in [0.25, 0.3) is 0 Å². The zero-order valence-corrected chi connectivity index (χ0v) is 7.43. The van der Waals surface area contributed by atoms with Crippen LogP contribution in [0.15, 0.2) is 0 Å². The normalized spacial score (nSPS) is 22.9. The number of primary amides is 1. The predicted molar refractivity (Wildman–Crippen MR) is 44.4 cm³/mol. The molecule has 0 aromatic carbocycles. The monoisotopic (exact) mass is 192 g/mol. The minimum Gasteiger partial charge on any atom is -0.370 e. The molecule has 1 aliphatic heterocycles. The van der Waals surface area contributed by atoms with Crippen molar-refractivity contribution in [2.24, 2.45) is 5.73 Å². The van der Waals surface area contributed by atoms with Crippen molar-refractivity contribution >= 4 is 5.91 Å². The summed E-state index contributed by atoms with van der Waals surface area (Å²) >= 11 is 0. The van der Waals surface area contributed by atoms with Crippen LogP contribution >= 0.6 is 0 Å². The Kier molecular flexibility index (Phi) is 3.19. The van der Waals surface area contributed by atoms with Crippen molar-refractivity contribution in [3.63, 3.8) is 0 Å². The number of halogens is 2. The molecule has 1 fully saturated rings. The second-order valence-electron chi connectivity index (χ2n) is 3.41. The molecule has 0 aromatic heterocycles. The zero-order chi connectivity index (χ0) is 9.90. The molecule has 76 valence electrons. The van der Waals surface area contributed by atoms with Gasteiger partial charge in [-0.25, -0.2) is 8.78 Å². The van der Waals surface area contributed by atoms with Gasteiger partial charge in [0.1, 0.15) is 0 Å². The lowest BCUT2D eigenvalue weighted by molar-refractivity contribution is -0.118. The highest BCUT2D eigenvalue weighted by Gasteiger charge is 2.33. The van der Waals surface area contributed by atoms with E-state index in [0.29, 0.717) is 19.6 Å². The third-order valence-electron chi connectivity index (χ3n) is 2.26. The number of piperidine rings is 1. The lowest BCUT2D eigenvalue weighted by atomic mass is 10.1. The van der Waals surface area contributed by atoms with Gasteiger partial charge >= 0.3 is 0 Å². The Morgan fingerprint density at radius 3 is 2.38 bits per heavy atom. The van der Waals surface area contributed by atoms with E-state index in [0.717, 1.165) is 0 Å². The van der Waals surface area contributed by atoms with Gasteiger partial charge < -0.3 is 10.6 Å². The standard InChI is InChI=1S/C8H14F2N2O/c9-8(10)2-5-12(6-3-8)4-1-7(11)13/h1-6H2,(H2,11,13). The molecule has 13 heavy (non-hydrogen) atoms. The van der Waals surface area contributed by atoms with Crippen molar-refractivity contribution in [3.05, 3.63) is 0 Å². The van der Waals surface area contributed by atoms with E-state index in [1.54, 1.807) is 0 Å². The topological polar surface area (TPSA) is 46.3 Å². The molecular weight excluding hydrogens is 178 g/mol. The molecule has 0 atom stereocenters. The number of likely N-dealkylation sites (tertiary alicyclic amines) is 1. The van der Waals surface area contributed by atoms with Gasteiger partial charge in [-0.1, -0.05) is 0 Å². The molecule has 2 N–H and O–H groups in total. The first-order valence-corrected chi connectivity index (χ1v) is 4.38. The summed E-state index contributed by atoms with van der Waals surface area (Å²) < 4.78 is 25.3. The van der Waals surface area contributed by atoms with Gasteiger partial charge in [0.2, 0.25) is 5.91 Å². The quantitative estimate of drug-likeness (QED) is 0.711. The minimum atomic E-state index is -2.51. The number of carbonyl (C=O) groups is 1. The molecule has 1 aliphatic rings. The number of rotatable bonds is 3. The van der Waals surface area contributed by atoms with E-state index >= 15 is 0 Å². The first-order valence-electron chi connectivity index (χ1n) is 4.38. The van der Waals surface area contributed by atoms with E-state index in [-0.39, 0.29) is 25.2 Å². The number of nitrogens with zero attached hydrogens (tertiary/aromatic N) is 1. The third kappa shape index (κ3) is 3.67. The van der Waals surface area contributed by atoms with Gasteiger partial charge in [0.15, 0.2) is 0 Å². The third-order valence-corrected chi connectivity index (χ3v) is 2.26. The number of hydrogen-bond donors (Lipinski definition) is 1. The molecule has 0 bridgehead atoms. The number of carbonyl (C=O) groups excluding carboxylic acids is 1. The van der Waals surface area contributed by atoms with Crippen LogP contribution in [0, 0.1) is 0 Å². The Bertz CT molecular complexity index is 187. The fraction of sp³-hybridized carbons (Fsp3) is 0.875. The van der Waals surface area contributed by atoms with Gasteiger partial charge in [-0.3, -0.25) is 4.79 Å². The molecule has 1 amide bonds. The van der Waals surface area contributed by atoms with Gasteiger partial charge in [-0.05, 0) is 0 Å². The van der Waals surface area contributed by atoms with Crippen molar-refractivity contribution in [3.8, 4) is 0 Å². The Hall–Kier alpha value is -0.710. The molecule has 1 saturated heterocycles. The van der Waals surface area contributed by atoms with Crippen LogP contribution in [0.5, 0.6) is 0 Å². The number of amides is 1. The van der Waals surface area contributed by atoms with Crippen LogP contribution in [0.4, 0.5) is 8.78 Å². The lowest BCUT2D eigenvalue weighted by Gasteiger charge is -2.31. The number of alkyl halides is 2. The molecule has 0 aliphatic carbocycles. The summed E-state index contributed by atoms with van der Waals surface area (Å²) in [5.74, 6) is -2.89. The van der Waals surface area contributed by atoms with E-state index in [4.69, 9.17) is 5.73 Å². The van der Waals surface area contributed by atoms with Crippen molar-refractivity contribution in [1.82, 2.24) is 4.90 Å². The Morgan fingerprint density at radius 1 is 1.38 bits per heavy atom. The van der Waals surface area contributed by atoms with E-state index in [2.05, 4.69) is 0 Å². The van der Waals surface area contributed by atoms with Crippen LogP contribution in [0.2, 0.25) is 0 Å². The van der Waals surface area contributed by atoms with Gasteiger partial charge in [-0.2, -0.15) is 0 Å². The molecule has 0 unspecified atom stereocenters. The maximum Gasteiger partial charge on any atom is 0.250 e. The van der Waals surface area contributed by atoms with Crippen LogP contribution < -0.4 is 5.73 Å². The summed E-state index contributed by atoms with van der Waals surface area (Å²) in [5.41, 5.74) is 4.95. The van der Waals surface area contributed by atoms with Gasteiger partial charge in [-0.15, -0.1) is 0 Å². The highest BCUT2D eigenvalue weighted by atomic mass is 19.3. The summed E-state index contributed by atoms with van der Waals surface area (Å²) in [4.78, 5) is 12.3. The molecule has 1 heterocycles. The molecule has 0 radical (unpaired) electrons. The Balaban J connectivity index is 2.21. The summed E-state index contributed by atoms with van der Waals surface area (Å²) in [6, 6.07) is 0. The van der Waals surface area contributed by atoms with E-state index < -0.39 is 5.92 Å². The van der Waals surface area contributed by atoms with Gasteiger partial charge in [0, 0.05) is 38.9 Å². The molecule has 1 rings (SSSR count). The second-order valence-corrected chi connectivity index (χ2v) is 3.41. The maximum atomic E-state index is 12.7. The lowest BCUT2D eigenvalue weighted by Crippen LogP contribution is -2.40. The average molecular weight is 192 g/mol. The fourth-order valence-electron chi connectivity index (χ4n) is 1.37. The SMILES string of the molecule is NC(=O)CCN1CCC(F)(F)CC1.